The monoisotopic (exact) mass is 904 g/mol. The second kappa shape index (κ2) is 14.2. The van der Waals surface area contributed by atoms with E-state index in [1.807, 2.05) is 18.2 Å². The van der Waals surface area contributed by atoms with Gasteiger partial charge in [-0.25, -0.2) is 4.85 Å². The van der Waals surface area contributed by atoms with Gasteiger partial charge in [-0.2, -0.15) is 5.26 Å². The highest BCUT2D eigenvalue weighted by Gasteiger charge is 2.36. The summed E-state index contributed by atoms with van der Waals surface area (Å²) in [6.07, 6.45) is 0. The van der Waals surface area contributed by atoms with Gasteiger partial charge in [-0.1, -0.05) is 141 Å². The fourth-order valence-corrected chi connectivity index (χ4v) is 12.5. The quantitative estimate of drug-likeness (QED) is 0.162. The molecule has 0 spiro atoms. The summed E-state index contributed by atoms with van der Waals surface area (Å²) in [7, 11) is 0. The molecule has 0 amide bonds. The van der Waals surface area contributed by atoms with Gasteiger partial charge in [-0.3, -0.25) is 0 Å². The normalized spacial score (nSPS) is 13.0. The minimum Gasteiger partial charge on any atom is -0.319 e. The van der Waals surface area contributed by atoms with Crippen LogP contribution in [0.25, 0.3) is 126 Å². The third-order valence-corrected chi connectivity index (χ3v) is 15.6. The molecule has 10 aromatic carbocycles. The van der Waals surface area contributed by atoms with Crippen LogP contribution < -0.4 is 0 Å². The maximum atomic E-state index is 11.5. The summed E-state index contributed by atoms with van der Waals surface area (Å²) >= 11 is 0. The SMILES string of the molecule is [C-]#[N+]c1cc(-n2c3ccccc3c3ccc4c5ccccc5n(-c5ccccc5)c4c32)c(C#N)cc1-n1c2ccc(-n3c4ccccc4c4ccccc43)cc2c2cc3c(cc21)C(C)(C)c1ccccc1-3. The van der Waals surface area contributed by atoms with Crippen LogP contribution in [0.4, 0.5) is 5.69 Å². The van der Waals surface area contributed by atoms with Gasteiger partial charge >= 0.3 is 0 Å². The maximum absolute atomic E-state index is 11.5. The fourth-order valence-electron chi connectivity index (χ4n) is 12.5. The van der Waals surface area contributed by atoms with E-state index in [4.69, 9.17) is 6.57 Å². The van der Waals surface area contributed by atoms with Crippen LogP contribution in [0, 0.1) is 17.9 Å². The smallest absolute Gasteiger partial charge is 0.212 e. The van der Waals surface area contributed by atoms with Crippen molar-refractivity contribution in [1.82, 2.24) is 18.3 Å². The van der Waals surface area contributed by atoms with Crippen LogP contribution in [0.15, 0.2) is 206 Å². The number of hydrogen-bond donors (Lipinski definition) is 0. The molecule has 330 valence electrons. The number of aromatic nitrogens is 4. The number of hydrogen-bond acceptors (Lipinski definition) is 1. The molecule has 15 rings (SSSR count). The average Bonchev–Trinajstić information content (AvgIpc) is 4.19. The van der Waals surface area contributed by atoms with Crippen molar-refractivity contribution in [2.75, 3.05) is 0 Å². The Morgan fingerprint density at radius 1 is 0.394 bits per heavy atom. The molecule has 0 fully saturated rings. The van der Waals surface area contributed by atoms with Crippen molar-refractivity contribution >= 4 is 92.9 Å². The molecular formula is C65H40N6. The minimum absolute atomic E-state index is 0.260. The molecule has 0 N–H and O–H groups in total. The van der Waals surface area contributed by atoms with Gasteiger partial charge < -0.3 is 18.3 Å². The molecule has 14 aromatic rings. The van der Waals surface area contributed by atoms with E-state index in [2.05, 4.69) is 231 Å². The van der Waals surface area contributed by atoms with Gasteiger partial charge in [0.1, 0.15) is 6.07 Å². The summed E-state index contributed by atoms with van der Waals surface area (Å²) in [4.78, 5) is 4.37. The first kappa shape index (κ1) is 39.4. The summed E-state index contributed by atoms with van der Waals surface area (Å²) < 4.78 is 9.20. The van der Waals surface area contributed by atoms with Crippen molar-refractivity contribution in [3.8, 4) is 39.9 Å². The molecule has 0 saturated carbocycles. The van der Waals surface area contributed by atoms with Gasteiger partial charge in [-0.15, -0.1) is 0 Å². The predicted molar refractivity (Wildman–Crippen MR) is 292 cm³/mol. The number of benzene rings is 10. The Morgan fingerprint density at radius 2 is 0.930 bits per heavy atom. The van der Waals surface area contributed by atoms with Crippen LogP contribution >= 0.6 is 0 Å². The van der Waals surface area contributed by atoms with E-state index in [1.165, 1.54) is 33.0 Å². The van der Waals surface area contributed by atoms with E-state index in [0.717, 1.165) is 87.8 Å². The fraction of sp³-hybridized carbons (Fsp3) is 0.0462. The van der Waals surface area contributed by atoms with Crippen molar-refractivity contribution in [3.05, 3.63) is 234 Å². The molecule has 0 radical (unpaired) electrons. The van der Waals surface area contributed by atoms with Gasteiger partial charge in [0.2, 0.25) is 5.69 Å². The summed E-state index contributed by atoms with van der Waals surface area (Å²) in [5.74, 6) is 0. The van der Waals surface area contributed by atoms with Crippen molar-refractivity contribution in [1.29, 1.82) is 5.26 Å². The van der Waals surface area contributed by atoms with Crippen molar-refractivity contribution in [2.45, 2.75) is 19.3 Å². The van der Waals surface area contributed by atoms with Gasteiger partial charge in [0.15, 0.2) is 0 Å². The third-order valence-electron chi connectivity index (χ3n) is 15.6. The molecule has 0 aliphatic heterocycles. The Labute approximate surface area is 408 Å². The first-order chi connectivity index (χ1) is 34.9. The zero-order valence-corrected chi connectivity index (χ0v) is 38.8. The van der Waals surface area contributed by atoms with E-state index in [1.54, 1.807) is 0 Å². The lowest BCUT2D eigenvalue weighted by atomic mass is 9.82. The zero-order valence-electron chi connectivity index (χ0n) is 38.8. The molecule has 6 nitrogen and oxygen atoms in total. The summed E-state index contributed by atoms with van der Waals surface area (Å²) in [6, 6.07) is 76.0. The predicted octanol–water partition coefficient (Wildman–Crippen LogP) is 16.8. The van der Waals surface area contributed by atoms with E-state index >= 15 is 0 Å². The van der Waals surface area contributed by atoms with Crippen LogP contribution in [0.3, 0.4) is 0 Å². The van der Waals surface area contributed by atoms with Crippen LogP contribution in [0.2, 0.25) is 0 Å². The Hall–Kier alpha value is -9.62. The summed E-state index contributed by atoms with van der Waals surface area (Å²) in [5, 5.41) is 20.5. The molecule has 71 heavy (non-hydrogen) atoms. The first-order valence-electron chi connectivity index (χ1n) is 24.1. The molecule has 1 aliphatic carbocycles. The van der Waals surface area contributed by atoms with Gasteiger partial charge in [0, 0.05) is 59.9 Å². The molecule has 4 aromatic heterocycles. The number of rotatable bonds is 4. The van der Waals surface area contributed by atoms with Crippen molar-refractivity contribution < 1.29 is 0 Å². The first-order valence-corrected chi connectivity index (χ1v) is 24.1. The standard InChI is InChI=1S/C65H40N6/c1-65(2)52-24-12-7-19-42(52)49-35-51-50-34-41(68-55-25-13-8-20-43(55)44-21-9-14-26-56(44)68)29-32-59(50)70(61(51)36-53(49)65)62-33-39(38-66)60(37-54(62)67-3)71-58-28-16-11-23-46(58)48-31-30-47-45-22-10-15-27-57(45)69(63(47)64(48)71)40-17-5-4-6-18-40/h4-37H,1-2H3. The Morgan fingerprint density at radius 3 is 1.58 bits per heavy atom. The average molecular weight is 905 g/mol. The molecular weight excluding hydrogens is 865 g/mol. The zero-order chi connectivity index (χ0) is 47.3. The third kappa shape index (κ3) is 5.18. The van der Waals surface area contributed by atoms with Crippen molar-refractivity contribution in [2.24, 2.45) is 0 Å². The molecule has 1 aliphatic rings. The van der Waals surface area contributed by atoms with Gasteiger partial charge in [0.05, 0.1) is 67.6 Å². The van der Waals surface area contributed by atoms with Gasteiger partial charge in [-0.05, 0) is 101 Å². The second-order valence-corrected chi connectivity index (χ2v) is 19.5. The maximum Gasteiger partial charge on any atom is 0.212 e. The minimum atomic E-state index is -0.260. The van der Waals surface area contributed by atoms with Crippen LogP contribution in [0.5, 0.6) is 0 Å². The Bertz CT molecular complexity index is 4700. The van der Waals surface area contributed by atoms with E-state index in [0.29, 0.717) is 22.6 Å². The van der Waals surface area contributed by atoms with Crippen LogP contribution in [-0.2, 0) is 5.41 Å². The molecule has 0 unspecified atom stereocenters. The summed E-state index contributed by atoms with van der Waals surface area (Å²) in [6.45, 7) is 13.6. The largest absolute Gasteiger partial charge is 0.319 e. The number of nitriles is 1. The highest BCUT2D eigenvalue weighted by Crippen LogP contribution is 2.52. The number of fused-ring (bicyclic) bond motifs is 16. The molecule has 6 heteroatoms. The molecule has 0 bridgehead atoms. The van der Waals surface area contributed by atoms with Crippen LogP contribution in [0.1, 0.15) is 30.5 Å². The van der Waals surface area contributed by atoms with Gasteiger partial charge in [0.25, 0.3) is 0 Å². The highest BCUT2D eigenvalue weighted by molar-refractivity contribution is 6.24. The number of nitrogens with zero attached hydrogens (tertiary/aromatic N) is 6. The van der Waals surface area contributed by atoms with Crippen LogP contribution in [-0.4, -0.2) is 18.3 Å². The highest BCUT2D eigenvalue weighted by atomic mass is 15.1. The van der Waals surface area contributed by atoms with E-state index in [-0.39, 0.29) is 5.41 Å². The molecule has 0 atom stereocenters. The molecule has 4 heterocycles. The second-order valence-electron chi connectivity index (χ2n) is 19.5. The van der Waals surface area contributed by atoms with E-state index in [9.17, 15) is 5.26 Å². The van der Waals surface area contributed by atoms with Crippen molar-refractivity contribution in [3.63, 3.8) is 0 Å². The van der Waals surface area contributed by atoms with E-state index < -0.39 is 0 Å². The Balaban J connectivity index is 1.04. The summed E-state index contributed by atoms with van der Waals surface area (Å²) in [5.41, 5.74) is 17.4. The topological polar surface area (TPSA) is 47.9 Å². The lowest BCUT2D eigenvalue weighted by molar-refractivity contribution is 0.661. The Kier molecular flexibility index (Phi) is 7.88. The lowest BCUT2D eigenvalue weighted by Crippen LogP contribution is -2.15. The molecule has 0 saturated heterocycles. The lowest BCUT2D eigenvalue weighted by Gasteiger charge is -2.22. The number of para-hydroxylation sites is 5.